The maximum atomic E-state index is 13.8. The van der Waals surface area contributed by atoms with Gasteiger partial charge in [0.15, 0.2) is 0 Å². The Morgan fingerprint density at radius 1 is 1.42 bits per heavy atom. The number of carbonyl (C=O) groups excluding carboxylic acids is 2. The SMILES string of the molecule is COC(=O)[C@@H](F)CN1CCC[C@H]1C(=O)Nc1cc(C)ccc1OC. The summed E-state index contributed by atoms with van der Waals surface area (Å²) < 4.78 is 23.5. The lowest BCUT2D eigenvalue weighted by Gasteiger charge is -2.24. The standard InChI is InChI=1S/C17H23FN2O4/c1-11-6-7-15(23-2)13(9-11)19-16(21)14-5-4-8-20(14)10-12(18)17(22)24-3/h6-7,9,12,14H,4-5,8,10H2,1-3H3,(H,19,21)/t12-,14-/m0/s1. The van der Waals surface area contributed by atoms with Gasteiger partial charge in [0.05, 0.1) is 25.9 Å². The van der Waals surface area contributed by atoms with E-state index in [4.69, 9.17) is 4.74 Å². The zero-order valence-corrected chi connectivity index (χ0v) is 14.2. The van der Waals surface area contributed by atoms with Gasteiger partial charge in [-0.1, -0.05) is 6.07 Å². The number of methoxy groups -OCH3 is 2. The van der Waals surface area contributed by atoms with Crippen LogP contribution in [0, 0.1) is 6.92 Å². The van der Waals surface area contributed by atoms with E-state index in [1.807, 2.05) is 19.1 Å². The normalized spacial score (nSPS) is 18.9. The molecule has 0 bridgehead atoms. The van der Waals surface area contributed by atoms with Crippen molar-refractivity contribution >= 4 is 17.6 Å². The first-order valence-electron chi connectivity index (χ1n) is 7.87. The maximum absolute atomic E-state index is 13.8. The highest BCUT2D eigenvalue weighted by atomic mass is 19.1. The second kappa shape index (κ2) is 8.10. The molecule has 0 radical (unpaired) electrons. The van der Waals surface area contributed by atoms with E-state index < -0.39 is 18.2 Å². The molecular formula is C17H23FN2O4. The summed E-state index contributed by atoms with van der Waals surface area (Å²) in [6.45, 7) is 2.34. The molecule has 1 saturated heterocycles. The molecule has 0 saturated carbocycles. The van der Waals surface area contributed by atoms with Crippen molar-refractivity contribution in [1.29, 1.82) is 0 Å². The summed E-state index contributed by atoms with van der Waals surface area (Å²) in [6, 6.07) is 5.02. The molecule has 24 heavy (non-hydrogen) atoms. The lowest BCUT2D eigenvalue weighted by atomic mass is 10.1. The highest BCUT2D eigenvalue weighted by molar-refractivity contribution is 5.96. The third kappa shape index (κ3) is 4.23. The van der Waals surface area contributed by atoms with Gasteiger partial charge in [0, 0.05) is 6.54 Å². The van der Waals surface area contributed by atoms with Gasteiger partial charge in [0.1, 0.15) is 5.75 Å². The quantitative estimate of drug-likeness (QED) is 0.803. The number of alkyl halides is 1. The van der Waals surface area contributed by atoms with Crippen LogP contribution in [0.3, 0.4) is 0 Å². The number of carbonyl (C=O) groups is 2. The molecule has 1 N–H and O–H groups in total. The number of hydrogen-bond donors (Lipinski definition) is 1. The fraction of sp³-hybridized carbons (Fsp3) is 0.529. The molecule has 6 nitrogen and oxygen atoms in total. The number of nitrogens with one attached hydrogen (secondary N) is 1. The highest BCUT2D eigenvalue weighted by Crippen LogP contribution is 2.27. The number of rotatable bonds is 6. The van der Waals surface area contributed by atoms with Gasteiger partial charge in [-0.15, -0.1) is 0 Å². The van der Waals surface area contributed by atoms with Gasteiger partial charge in [-0.2, -0.15) is 0 Å². The molecule has 0 unspecified atom stereocenters. The Bertz CT molecular complexity index is 608. The highest BCUT2D eigenvalue weighted by Gasteiger charge is 2.34. The van der Waals surface area contributed by atoms with Gasteiger partial charge in [-0.05, 0) is 44.0 Å². The van der Waals surface area contributed by atoms with Crippen LogP contribution in [0.1, 0.15) is 18.4 Å². The molecule has 1 amide bonds. The first-order chi connectivity index (χ1) is 11.5. The first-order valence-corrected chi connectivity index (χ1v) is 7.87. The Morgan fingerprint density at radius 2 is 2.17 bits per heavy atom. The lowest BCUT2D eigenvalue weighted by Crippen LogP contribution is -2.44. The molecule has 132 valence electrons. The molecule has 1 fully saturated rings. The van der Waals surface area contributed by atoms with Crippen molar-refractivity contribution in [1.82, 2.24) is 4.90 Å². The third-order valence-corrected chi connectivity index (χ3v) is 4.13. The number of amides is 1. The van der Waals surface area contributed by atoms with E-state index in [0.29, 0.717) is 24.4 Å². The van der Waals surface area contributed by atoms with Gasteiger partial charge in [0.25, 0.3) is 0 Å². The average molecular weight is 338 g/mol. The van der Waals surface area contributed by atoms with E-state index in [0.717, 1.165) is 19.1 Å². The predicted octanol–water partition coefficient (Wildman–Crippen LogP) is 1.92. The van der Waals surface area contributed by atoms with Crippen LogP contribution in [0.15, 0.2) is 18.2 Å². The van der Waals surface area contributed by atoms with Gasteiger partial charge in [-0.3, -0.25) is 9.69 Å². The molecular weight excluding hydrogens is 315 g/mol. The molecule has 2 rings (SSSR count). The largest absolute Gasteiger partial charge is 0.495 e. The monoisotopic (exact) mass is 338 g/mol. The van der Waals surface area contributed by atoms with E-state index in [2.05, 4.69) is 10.1 Å². The molecule has 1 aliphatic heterocycles. The second-order valence-corrected chi connectivity index (χ2v) is 5.84. The Kier molecular flexibility index (Phi) is 6.14. The van der Waals surface area contributed by atoms with Gasteiger partial charge >= 0.3 is 5.97 Å². The van der Waals surface area contributed by atoms with Crippen LogP contribution in [0.2, 0.25) is 0 Å². The van der Waals surface area contributed by atoms with Crippen LogP contribution in [-0.2, 0) is 14.3 Å². The van der Waals surface area contributed by atoms with Gasteiger partial charge < -0.3 is 14.8 Å². The van der Waals surface area contributed by atoms with Crippen molar-refractivity contribution in [2.45, 2.75) is 32.0 Å². The van der Waals surface area contributed by atoms with Gasteiger partial charge in [-0.25, -0.2) is 9.18 Å². The van der Waals surface area contributed by atoms with Gasteiger partial charge in [0.2, 0.25) is 12.1 Å². The number of likely N-dealkylation sites (tertiary alicyclic amines) is 1. The third-order valence-electron chi connectivity index (χ3n) is 4.13. The summed E-state index contributed by atoms with van der Waals surface area (Å²) in [6.07, 6.45) is -0.359. The Morgan fingerprint density at radius 3 is 2.83 bits per heavy atom. The lowest BCUT2D eigenvalue weighted by molar-refractivity contribution is -0.147. The molecule has 1 aliphatic rings. The van der Waals surface area contributed by atoms with Crippen LogP contribution < -0.4 is 10.1 Å². The van der Waals surface area contributed by atoms with Crippen molar-refractivity contribution in [3.63, 3.8) is 0 Å². The minimum absolute atomic E-state index is 0.143. The predicted molar refractivity (Wildman–Crippen MR) is 87.9 cm³/mol. The zero-order chi connectivity index (χ0) is 17.7. The maximum Gasteiger partial charge on any atom is 0.341 e. The smallest absolute Gasteiger partial charge is 0.341 e. The first kappa shape index (κ1) is 18.2. The zero-order valence-electron chi connectivity index (χ0n) is 14.2. The van der Waals surface area contributed by atoms with Crippen molar-refractivity contribution in [3.05, 3.63) is 23.8 Å². The summed E-state index contributed by atoms with van der Waals surface area (Å²) in [5, 5.41) is 2.85. The van der Waals surface area contributed by atoms with Crippen LogP contribution in [-0.4, -0.2) is 56.3 Å². The Labute approximate surface area is 140 Å². The van der Waals surface area contributed by atoms with E-state index in [-0.39, 0.29) is 12.5 Å². The number of halogens is 1. The van der Waals surface area contributed by atoms with Crippen LogP contribution in [0.4, 0.5) is 10.1 Å². The molecule has 0 aliphatic carbocycles. The van der Waals surface area contributed by atoms with E-state index in [1.165, 1.54) is 7.11 Å². The summed E-state index contributed by atoms with van der Waals surface area (Å²) in [7, 11) is 2.68. The number of hydrogen-bond acceptors (Lipinski definition) is 5. The number of benzene rings is 1. The molecule has 2 atom stereocenters. The van der Waals surface area contributed by atoms with E-state index in [9.17, 15) is 14.0 Å². The molecule has 1 heterocycles. The van der Waals surface area contributed by atoms with Crippen molar-refractivity contribution in [3.8, 4) is 5.75 Å². The topological polar surface area (TPSA) is 67.9 Å². The molecule has 0 aromatic heterocycles. The van der Waals surface area contributed by atoms with E-state index >= 15 is 0 Å². The Balaban J connectivity index is 2.06. The number of esters is 1. The Hall–Kier alpha value is -2.15. The van der Waals surface area contributed by atoms with Crippen LogP contribution in [0.25, 0.3) is 0 Å². The fourth-order valence-corrected chi connectivity index (χ4v) is 2.89. The molecule has 1 aromatic rings. The fourth-order valence-electron chi connectivity index (χ4n) is 2.89. The second-order valence-electron chi connectivity index (χ2n) is 5.84. The van der Waals surface area contributed by atoms with E-state index in [1.54, 1.807) is 11.0 Å². The number of nitrogens with zero attached hydrogens (tertiary/aromatic N) is 1. The minimum atomic E-state index is -1.75. The van der Waals surface area contributed by atoms with Crippen molar-refractivity contribution in [2.75, 3.05) is 32.6 Å². The summed E-state index contributed by atoms with van der Waals surface area (Å²) >= 11 is 0. The van der Waals surface area contributed by atoms with Crippen molar-refractivity contribution < 1.29 is 23.5 Å². The molecule has 0 spiro atoms. The molecule has 7 heteroatoms. The summed E-state index contributed by atoms with van der Waals surface area (Å²) in [4.78, 5) is 25.5. The number of ether oxygens (including phenoxy) is 2. The minimum Gasteiger partial charge on any atom is -0.495 e. The van der Waals surface area contributed by atoms with Crippen molar-refractivity contribution in [2.24, 2.45) is 0 Å². The van der Waals surface area contributed by atoms with Crippen LogP contribution in [0.5, 0.6) is 5.75 Å². The number of aryl methyl sites for hydroxylation is 1. The number of anilines is 1. The molecule has 1 aromatic carbocycles. The van der Waals surface area contributed by atoms with Crippen LogP contribution >= 0.6 is 0 Å². The summed E-state index contributed by atoms with van der Waals surface area (Å²) in [5.41, 5.74) is 1.57. The summed E-state index contributed by atoms with van der Waals surface area (Å²) in [5.74, 6) is -0.577. The average Bonchev–Trinajstić information content (AvgIpc) is 3.02.